The lowest BCUT2D eigenvalue weighted by molar-refractivity contribution is 0.0996. The predicted molar refractivity (Wildman–Crippen MR) is 90.2 cm³/mol. The predicted octanol–water partition coefficient (Wildman–Crippen LogP) is 4.12. The summed E-state index contributed by atoms with van der Waals surface area (Å²) in [4.78, 5) is 4.09. The number of hydrogen-bond acceptors (Lipinski definition) is 3. The Labute approximate surface area is 137 Å². The lowest BCUT2D eigenvalue weighted by Gasteiger charge is -2.22. The lowest BCUT2D eigenvalue weighted by Crippen LogP contribution is -2.30. The van der Waals surface area contributed by atoms with Crippen LogP contribution in [0.1, 0.15) is 42.4 Å². The van der Waals surface area contributed by atoms with Crippen molar-refractivity contribution in [1.82, 2.24) is 4.98 Å². The SMILES string of the molecule is COc1ccc(CCc2ccncc2)c2c1OC1(CCCC1)C2. The number of aryl methyl sites for hydroxylation is 2. The number of methoxy groups -OCH3 is 1. The van der Waals surface area contributed by atoms with E-state index in [1.807, 2.05) is 12.4 Å². The number of benzene rings is 1. The first-order valence-corrected chi connectivity index (χ1v) is 8.56. The first-order valence-electron chi connectivity index (χ1n) is 8.56. The molecule has 0 unspecified atom stereocenters. The Morgan fingerprint density at radius 3 is 2.61 bits per heavy atom. The molecule has 120 valence electrons. The van der Waals surface area contributed by atoms with Crippen molar-refractivity contribution in [3.05, 3.63) is 53.3 Å². The number of hydrogen-bond donors (Lipinski definition) is 0. The molecule has 0 N–H and O–H groups in total. The van der Waals surface area contributed by atoms with E-state index in [-0.39, 0.29) is 5.60 Å². The summed E-state index contributed by atoms with van der Waals surface area (Å²) in [6, 6.07) is 8.47. The second-order valence-electron chi connectivity index (χ2n) is 6.76. The van der Waals surface area contributed by atoms with Crippen molar-refractivity contribution >= 4 is 0 Å². The molecule has 2 heterocycles. The first kappa shape index (κ1) is 14.6. The maximum atomic E-state index is 6.44. The molecule has 1 saturated carbocycles. The number of aromatic nitrogens is 1. The average Bonchev–Trinajstić information content (AvgIpc) is 3.20. The van der Waals surface area contributed by atoms with E-state index in [0.717, 1.165) is 30.8 Å². The molecule has 2 aliphatic rings. The average molecular weight is 309 g/mol. The largest absolute Gasteiger partial charge is 0.493 e. The highest BCUT2D eigenvalue weighted by Crippen LogP contribution is 2.49. The fourth-order valence-electron chi connectivity index (χ4n) is 4.05. The van der Waals surface area contributed by atoms with Crippen LogP contribution >= 0.6 is 0 Å². The molecule has 0 radical (unpaired) electrons. The van der Waals surface area contributed by atoms with E-state index in [1.54, 1.807) is 7.11 Å². The van der Waals surface area contributed by atoms with Gasteiger partial charge in [-0.2, -0.15) is 0 Å². The number of rotatable bonds is 4. The molecular formula is C20H23NO2. The quantitative estimate of drug-likeness (QED) is 0.851. The molecule has 1 aliphatic heterocycles. The molecule has 0 amide bonds. The van der Waals surface area contributed by atoms with Crippen molar-refractivity contribution in [2.45, 2.75) is 50.5 Å². The van der Waals surface area contributed by atoms with Crippen LogP contribution in [-0.4, -0.2) is 17.7 Å². The summed E-state index contributed by atoms with van der Waals surface area (Å²) in [6.07, 6.45) is 11.8. The third kappa shape index (κ3) is 2.69. The van der Waals surface area contributed by atoms with Crippen LogP contribution in [0.3, 0.4) is 0 Å². The Bertz CT molecular complexity index is 690. The van der Waals surface area contributed by atoms with E-state index < -0.39 is 0 Å². The van der Waals surface area contributed by atoms with Crippen molar-refractivity contribution in [3.63, 3.8) is 0 Å². The van der Waals surface area contributed by atoms with Gasteiger partial charge in [-0.05, 0) is 67.9 Å². The van der Waals surface area contributed by atoms with E-state index in [9.17, 15) is 0 Å². The zero-order valence-corrected chi connectivity index (χ0v) is 13.7. The van der Waals surface area contributed by atoms with Crippen LogP contribution in [-0.2, 0) is 19.3 Å². The first-order chi connectivity index (χ1) is 11.3. The van der Waals surface area contributed by atoms with Crippen LogP contribution in [0.15, 0.2) is 36.7 Å². The Balaban J connectivity index is 1.61. The molecule has 3 nitrogen and oxygen atoms in total. The highest BCUT2D eigenvalue weighted by Gasteiger charge is 2.43. The number of fused-ring (bicyclic) bond motifs is 1. The minimum atomic E-state index is 0.0440. The highest BCUT2D eigenvalue weighted by molar-refractivity contribution is 5.54. The van der Waals surface area contributed by atoms with Gasteiger partial charge in [0.05, 0.1) is 7.11 Å². The monoisotopic (exact) mass is 309 g/mol. The van der Waals surface area contributed by atoms with Crippen molar-refractivity contribution < 1.29 is 9.47 Å². The van der Waals surface area contributed by atoms with E-state index in [1.165, 1.54) is 42.4 Å². The van der Waals surface area contributed by atoms with Gasteiger partial charge < -0.3 is 9.47 Å². The van der Waals surface area contributed by atoms with Crippen LogP contribution in [0.4, 0.5) is 0 Å². The minimum Gasteiger partial charge on any atom is -0.493 e. The van der Waals surface area contributed by atoms with Gasteiger partial charge in [0.15, 0.2) is 11.5 Å². The van der Waals surface area contributed by atoms with E-state index >= 15 is 0 Å². The van der Waals surface area contributed by atoms with Crippen molar-refractivity contribution in [2.75, 3.05) is 7.11 Å². The standard InChI is InChI=1S/C20H23NO2/c1-22-18-7-6-16(5-4-15-8-12-21-13-9-15)17-14-20(23-19(17)18)10-2-3-11-20/h6-9,12-13H,2-5,10-11,14H2,1H3. The topological polar surface area (TPSA) is 31.4 Å². The Morgan fingerprint density at radius 1 is 1.09 bits per heavy atom. The van der Waals surface area contributed by atoms with Gasteiger partial charge in [-0.25, -0.2) is 0 Å². The van der Waals surface area contributed by atoms with Crippen LogP contribution < -0.4 is 9.47 Å². The molecule has 0 saturated heterocycles. The summed E-state index contributed by atoms with van der Waals surface area (Å²) >= 11 is 0. The van der Waals surface area contributed by atoms with Gasteiger partial charge in [-0.1, -0.05) is 6.07 Å². The summed E-state index contributed by atoms with van der Waals surface area (Å²) in [7, 11) is 1.73. The molecule has 1 fully saturated rings. The van der Waals surface area contributed by atoms with Gasteiger partial charge in [0.2, 0.25) is 0 Å². The summed E-state index contributed by atoms with van der Waals surface area (Å²) < 4.78 is 12.0. The second kappa shape index (κ2) is 5.88. The molecule has 0 atom stereocenters. The van der Waals surface area contributed by atoms with Crippen molar-refractivity contribution in [1.29, 1.82) is 0 Å². The summed E-state index contributed by atoms with van der Waals surface area (Å²) in [6.45, 7) is 0. The van der Waals surface area contributed by atoms with Crippen molar-refractivity contribution in [3.8, 4) is 11.5 Å². The van der Waals surface area contributed by atoms with Gasteiger partial charge in [0.1, 0.15) is 5.60 Å². The fraction of sp³-hybridized carbons (Fsp3) is 0.450. The fourth-order valence-corrected chi connectivity index (χ4v) is 4.05. The summed E-state index contributed by atoms with van der Waals surface area (Å²) in [5, 5.41) is 0. The zero-order valence-electron chi connectivity index (χ0n) is 13.7. The molecule has 1 aromatic carbocycles. The molecule has 3 heteroatoms. The van der Waals surface area contributed by atoms with Crippen LogP contribution in [0, 0.1) is 0 Å². The van der Waals surface area contributed by atoms with E-state index in [4.69, 9.17) is 9.47 Å². The zero-order chi connectivity index (χ0) is 15.7. The van der Waals surface area contributed by atoms with Crippen LogP contribution in [0.25, 0.3) is 0 Å². The van der Waals surface area contributed by atoms with Crippen LogP contribution in [0.5, 0.6) is 11.5 Å². The molecular weight excluding hydrogens is 286 g/mol. The van der Waals surface area contributed by atoms with Gasteiger partial charge in [0.25, 0.3) is 0 Å². The number of pyridine rings is 1. The molecule has 2 aromatic rings. The molecule has 0 bridgehead atoms. The summed E-state index contributed by atoms with van der Waals surface area (Å²) in [5.74, 6) is 1.89. The maximum Gasteiger partial charge on any atom is 0.165 e. The van der Waals surface area contributed by atoms with Gasteiger partial charge in [0, 0.05) is 24.4 Å². The number of ether oxygens (including phenoxy) is 2. The van der Waals surface area contributed by atoms with Gasteiger partial charge in [-0.3, -0.25) is 4.98 Å². The third-order valence-electron chi connectivity index (χ3n) is 5.31. The Hall–Kier alpha value is -2.03. The van der Waals surface area contributed by atoms with E-state index in [0.29, 0.717) is 0 Å². The van der Waals surface area contributed by atoms with Crippen LogP contribution in [0.2, 0.25) is 0 Å². The normalized spacial score (nSPS) is 18.0. The molecule has 1 aliphatic carbocycles. The second-order valence-corrected chi connectivity index (χ2v) is 6.76. The lowest BCUT2D eigenvalue weighted by atomic mass is 9.91. The van der Waals surface area contributed by atoms with Gasteiger partial charge in [-0.15, -0.1) is 0 Å². The van der Waals surface area contributed by atoms with Crippen molar-refractivity contribution in [2.24, 2.45) is 0 Å². The molecule has 1 spiro atoms. The molecule has 23 heavy (non-hydrogen) atoms. The van der Waals surface area contributed by atoms with E-state index in [2.05, 4.69) is 29.2 Å². The molecule has 1 aromatic heterocycles. The Morgan fingerprint density at radius 2 is 1.87 bits per heavy atom. The third-order valence-corrected chi connectivity index (χ3v) is 5.31. The van der Waals surface area contributed by atoms with Gasteiger partial charge >= 0.3 is 0 Å². The maximum absolute atomic E-state index is 6.44. The summed E-state index contributed by atoms with van der Waals surface area (Å²) in [5.41, 5.74) is 4.16. The Kier molecular flexibility index (Phi) is 3.72. The minimum absolute atomic E-state index is 0.0440. The number of nitrogens with zero attached hydrogens (tertiary/aromatic N) is 1. The molecule has 4 rings (SSSR count). The highest BCUT2D eigenvalue weighted by atomic mass is 16.5. The smallest absolute Gasteiger partial charge is 0.165 e.